The zero-order valence-corrected chi connectivity index (χ0v) is 16.5. The molecule has 0 aromatic heterocycles. The summed E-state index contributed by atoms with van der Waals surface area (Å²) in [6, 6.07) is 16.5. The van der Waals surface area contributed by atoms with Crippen LogP contribution in [0.4, 0.5) is 5.69 Å². The van der Waals surface area contributed by atoms with E-state index in [1.807, 2.05) is 6.07 Å². The SMILES string of the molecule is Nc1ccc(C(=O)O)cc1.[Br][Bi]([Br])[c]1ccccc1. The van der Waals surface area contributed by atoms with Gasteiger partial charge < -0.3 is 10.8 Å². The summed E-state index contributed by atoms with van der Waals surface area (Å²) in [6.45, 7) is 0. The van der Waals surface area contributed by atoms with Gasteiger partial charge in [0, 0.05) is 5.69 Å². The van der Waals surface area contributed by atoms with Gasteiger partial charge in [-0.2, -0.15) is 0 Å². The number of nitrogen functional groups attached to an aromatic ring is 1. The summed E-state index contributed by atoms with van der Waals surface area (Å²) < 4.78 is 1.45. The number of hydrogen-bond acceptors (Lipinski definition) is 2. The molecular formula is C13H12BiBr2NO2. The van der Waals surface area contributed by atoms with Crippen LogP contribution in [0, 0.1) is 0 Å². The number of carbonyl (C=O) groups is 1. The van der Waals surface area contributed by atoms with Crippen LogP contribution in [-0.4, -0.2) is 28.1 Å². The van der Waals surface area contributed by atoms with Crippen molar-refractivity contribution in [2.24, 2.45) is 0 Å². The molecule has 0 fully saturated rings. The Morgan fingerprint density at radius 1 is 1.00 bits per heavy atom. The molecule has 2 aromatic carbocycles. The first-order valence-corrected chi connectivity index (χ1v) is 22.1. The van der Waals surface area contributed by atoms with Crippen molar-refractivity contribution < 1.29 is 9.90 Å². The van der Waals surface area contributed by atoms with Crippen LogP contribution in [0.1, 0.15) is 10.4 Å². The van der Waals surface area contributed by atoms with Gasteiger partial charge in [-0.3, -0.25) is 0 Å². The van der Waals surface area contributed by atoms with Crippen LogP contribution in [0.2, 0.25) is 0 Å². The first-order valence-electron chi connectivity index (χ1n) is 5.26. The summed E-state index contributed by atoms with van der Waals surface area (Å²) in [4.78, 5) is 10.3. The maximum absolute atomic E-state index is 10.3. The molecule has 2 rings (SSSR count). The van der Waals surface area contributed by atoms with Crippen LogP contribution in [0.3, 0.4) is 0 Å². The van der Waals surface area contributed by atoms with Crippen LogP contribution < -0.4 is 9.01 Å². The average molecular weight is 583 g/mol. The molecule has 0 saturated carbocycles. The Hall–Kier alpha value is -0.447. The minimum atomic E-state index is -1.46. The van der Waals surface area contributed by atoms with Crippen molar-refractivity contribution in [3.63, 3.8) is 0 Å². The van der Waals surface area contributed by atoms with Gasteiger partial charge in [-0.1, -0.05) is 0 Å². The van der Waals surface area contributed by atoms with Crippen LogP contribution in [0.5, 0.6) is 0 Å². The number of aromatic carboxylic acids is 1. The third-order valence-corrected chi connectivity index (χ3v) is 12.0. The van der Waals surface area contributed by atoms with E-state index >= 15 is 0 Å². The van der Waals surface area contributed by atoms with Gasteiger partial charge in [0.2, 0.25) is 0 Å². The third-order valence-electron chi connectivity index (χ3n) is 2.11. The van der Waals surface area contributed by atoms with E-state index in [2.05, 4.69) is 48.7 Å². The molecule has 0 unspecified atom stereocenters. The summed E-state index contributed by atoms with van der Waals surface area (Å²) >= 11 is 5.75. The molecule has 0 saturated heterocycles. The van der Waals surface area contributed by atoms with Crippen LogP contribution in [-0.2, 0) is 0 Å². The van der Waals surface area contributed by atoms with Crippen molar-refractivity contribution in [1.82, 2.24) is 0 Å². The summed E-state index contributed by atoms with van der Waals surface area (Å²) in [5, 5.41) is 8.43. The first kappa shape index (κ1) is 16.6. The standard InChI is InChI=1S/C7H7NO2.C6H5.Bi.2BrH/c8-6-3-1-5(2-4-6)7(9)10;1-2-4-6-5-3-1;;;/h1-4H,8H2,(H,9,10);1-5H;;2*1H/q;;+2;;/p-2. The molecule has 0 radical (unpaired) electrons. The predicted octanol–water partition coefficient (Wildman–Crippen LogP) is 3.14. The van der Waals surface area contributed by atoms with Crippen LogP contribution >= 0.6 is 24.4 Å². The molecular weight excluding hydrogens is 571 g/mol. The normalized spacial score (nSPS) is 9.63. The fraction of sp³-hybridized carbons (Fsp3) is 0. The Balaban J connectivity index is 0.000000191. The molecule has 0 bridgehead atoms. The molecule has 0 heterocycles. The van der Waals surface area contributed by atoms with Gasteiger partial charge >= 0.3 is 81.1 Å². The molecule has 0 spiro atoms. The molecule has 0 aliphatic carbocycles. The zero-order valence-electron chi connectivity index (χ0n) is 9.83. The van der Waals surface area contributed by atoms with Crippen LogP contribution in [0.15, 0.2) is 54.6 Å². The molecule has 6 heteroatoms. The van der Waals surface area contributed by atoms with E-state index in [0.29, 0.717) is 5.69 Å². The Bertz CT molecular complexity index is 518. The topological polar surface area (TPSA) is 63.3 Å². The average Bonchev–Trinajstić information content (AvgIpc) is 2.41. The molecule has 3 N–H and O–H groups in total. The van der Waals surface area contributed by atoms with Gasteiger partial charge in [0.05, 0.1) is 5.56 Å². The summed E-state index contributed by atoms with van der Waals surface area (Å²) in [5.74, 6) is -0.931. The minimum absolute atomic E-state index is 0.259. The summed E-state index contributed by atoms with van der Waals surface area (Å²) in [7, 11) is 0. The molecule has 0 amide bonds. The summed E-state index contributed by atoms with van der Waals surface area (Å²) in [6.07, 6.45) is 0. The van der Waals surface area contributed by atoms with E-state index < -0.39 is 23.0 Å². The number of carboxylic acid groups (broad SMARTS) is 1. The number of benzene rings is 2. The number of nitrogens with two attached hydrogens (primary N) is 1. The van der Waals surface area contributed by atoms with E-state index in [1.54, 1.807) is 12.1 Å². The predicted molar refractivity (Wildman–Crippen MR) is 87.5 cm³/mol. The number of carboxylic acids is 1. The van der Waals surface area contributed by atoms with Gasteiger partial charge in [-0.25, -0.2) is 4.79 Å². The maximum atomic E-state index is 10.3. The van der Waals surface area contributed by atoms with Crippen molar-refractivity contribution in [3.8, 4) is 0 Å². The Morgan fingerprint density at radius 3 is 1.89 bits per heavy atom. The van der Waals surface area contributed by atoms with Crippen molar-refractivity contribution in [3.05, 3.63) is 60.2 Å². The summed E-state index contributed by atoms with van der Waals surface area (Å²) in [5.41, 5.74) is 6.17. The third kappa shape index (κ3) is 6.50. The quantitative estimate of drug-likeness (QED) is 0.423. The second-order valence-corrected chi connectivity index (χ2v) is 28.1. The molecule has 0 aliphatic heterocycles. The number of rotatable bonds is 2. The van der Waals surface area contributed by atoms with Gasteiger partial charge in [0.25, 0.3) is 0 Å². The Morgan fingerprint density at radius 2 is 1.53 bits per heavy atom. The second-order valence-electron chi connectivity index (χ2n) is 3.50. The molecule has 19 heavy (non-hydrogen) atoms. The van der Waals surface area contributed by atoms with E-state index in [9.17, 15) is 4.79 Å². The monoisotopic (exact) mass is 581 g/mol. The van der Waals surface area contributed by atoms with Gasteiger partial charge in [-0.15, -0.1) is 0 Å². The molecule has 2 aromatic rings. The van der Waals surface area contributed by atoms with Crippen molar-refractivity contribution in [2.45, 2.75) is 0 Å². The molecule has 0 aliphatic rings. The fourth-order valence-corrected chi connectivity index (χ4v) is 6.86. The van der Waals surface area contributed by atoms with E-state index in [0.717, 1.165) is 0 Å². The van der Waals surface area contributed by atoms with Crippen LogP contribution in [0.25, 0.3) is 0 Å². The first-order chi connectivity index (χ1) is 9.00. The molecule has 100 valence electrons. The van der Waals surface area contributed by atoms with E-state index in [4.69, 9.17) is 10.8 Å². The van der Waals surface area contributed by atoms with Gasteiger partial charge in [-0.05, 0) is 24.3 Å². The zero-order chi connectivity index (χ0) is 14.3. The van der Waals surface area contributed by atoms with Gasteiger partial charge in [0.15, 0.2) is 0 Å². The number of anilines is 1. The second kappa shape index (κ2) is 8.67. The number of halogens is 2. The van der Waals surface area contributed by atoms with Crippen molar-refractivity contribution in [2.75, 3.05) is 5.73 Å². The van der Waals surface area contributed by atoms with Gasteiger partial charge in [0.1, 0.15) is 0 Å². The Labute approximate surface area is 131 Å². The fourth-order valence-electron chi connectivity index (χ4n) is 1.17. The number of hydrogen-bond donors (Lipinski definition) is 2. The van der Waals surface area contributed by atoms with Crippen molar-refractivity contribution in [1.29, 1.82) is 0 Å². The van der Waals surface area contributed by atoms with E-state index in [-0.39, 0.29) is 5.56 Å². The van der Waals surface area contributed by atoms with Crippen molar-refractivity contribution >= 4 is 56.4 Å². The molecule has 3 nitrogen and oxygen atoms in total. The van der Waals surface area contributed by atoms with E-state index in [1.165, 1.54) is 15.4 Å². The Kier molecular flexibility index (Phi) is 7.58. The molecule has 0 atom stereocenters.